The van der Waals surface area contributed by atoms with Crippen molar-refractivity contribution in [2.24, 2.45) is 0 Å². The van der Waals surface area contributed by atoms with Crippen molar-refractivity contribution >= 4 is 16.7 Å². The molecule has 3 rings (SSSR count). The summed E-state index contributed by atoms with van der Waals surface area (Å²) in [5.41, 5.74) is 9.99. The van der Waals surface area contributed by atoms with Crippen molar-refractivity contribution in [1.29, 1.82) is 0 Å². The van der Waals surface area contributed by atoms with Gasteiger partial charge in [0, 0.05) is 28.9 Å². The number of rotatable bonds is 1. The molecule has 0 amide bonds. The summed E-state index contributed by atoms with van der Waals surface area (Å²) in [7, 11) is 0. The Morgan fingerprint density at radius 3 is 2.72 bits per heavy atom. The Balaban J connectivity index is 2.35. The van der Waals surface area contributed by atoms with Crippen LogP contribution in [0.3, 0.4) is 0 Å². The lowest BCUT2D eigenvalue weighted by molar-refractivity contribution is 1.28. The lowest BCUT2D eigenvalue weighted by atomic mass is 10.0. The Labute approximate surface area is 105 Å². The average molecular weight is 235 g/mol. The zero-order chi connectivity index (χ0) is 12.5. The van der Waals surface area contributed by atoms with Crippen LogP contribution in [-0.4, -0.2) is 9.97 Å². The average Bonchev–Trinajstić information content (AvgIpc) is 2.41. The smallest absolute Gasteiger partial charge is 0.131 e. The maximum atomic E-state index is 5.97. The van der Waals surface area contributed by atoms with Crippen LogP contribution in [0.4, 0.5) is 5.82 Å². The normalized spacial score (nSPS) is 10.7. The largest absolute Gasteiger partial charge is 0.383 e. The highest BCUT2D eigenvalue weighted by Crippen LogP contribution is 2.30. The first-order chi connectivity index (χ1) is 8.75. The number of anilines is 1. The van der Waals surface area contributed by atoms with Crippen LogP contribution in [0.5, 0.6) is 0 Å². The van der Waals surface area contributed by atoms with Gasteiger partial charge in [0.25, 0.3) is 0 Å². The number of para-hydroxylation sites is 1. The highest BCUT2D eigenvalue weighted by atomic mass is 14.8. The van der Waals surface area contributed by atoms with Crippen LogP contribution < -0.4 is 5.73 Å². The predicted molar refractivity (Wildman–Crippen MR) is 74.1 cm³/mol. The molecule has 0 aliphatic rings. The van der Waals surface area contributed by atoms with E-state index in [4.69, 9.17) is 5.73 Å². The first kappa shape index (κ1) is 10.7. The standard InChI is InChI=1S/C15H13N3/c1-10-8-13(15(16)18-9-10)12-6-2-4-11-5-3-7-17-14(11)12/h2-9H,1H3,(H2,16,18). The minimum atomic E-state index is 0.541. The predicted octanol–water partition coefficient (Wildman–Crippen LogP) is 3.19. The van der Waals surface area contributed by atoms with E-state index in [1.165, 1.54) is 0 Å². The van der Waals surface area contributed by atoms with Crippen LogP contribution in [0.15, 0.2) is 48.8 Å². The summed E-state index contributed by atoms with van der Waals surface area (Å²) in [4.78, 5) is 8.66. The molecule has 2 aromatic heterocycles. The number of aromatic nitrogens is 2. The highest BCUT2D eigenvalue weighted by molar-refractivity contribution is 5.95. The number of hydrogen-bond donors (Lipinski definition) is 1. The third-order valence-corrected chi connectivity index (χ3v) is 2.98. The molecular formula is C15H13N3. The summed E-state index contributed by atoms with van der Waals surface area (Å²) in [5.74, 6) is 0.541. The molecule has 0 aliphatic heterocycles. The first-order valence-electron chi connectivity index (χ1n) is 5.82. The van der Waals surface area contributed by atoms with Gasteiger partial charge in [-0.3, -0.25) is 4.98 Å². The number of nitrogens with two attached hydrogens (primary N) is 1. The monoisotopic (exact) mass is 235 g/mol. The number of benzene rings is 1. The molecule has 0 bridgehead atoms. The van der Waals surface area contributed by atoms with Gasteiger partial charge in [-0.25, -0.2) is 4.98 Å². The van der Waals surface area contributed by atoms with Crippen molar-refractivity contribution in [2.75, 3.05) is 5.73 Å². The number of aryl methyl sites for hydroxylation is 1. The maximum absolute atomic E-state index is 5.97. The van der Waals surface area contributed by atoms with Crippen LogP contribution in [0, 0.1) is 6.92 Å². The molecule has 2 heterocycles. The summed E-state index contributed by atoms with van der Waals surface area (Å²) in [6.45, 7) is 2.01. The zero-order valence-corrected chi connectivity index (χ0v) is 10.1. The minimum absolute atomic E-state index is 0.541. The minimum Gasteiger partial charge on any atom is -0.383 e. The second kappa shape index (κ2) is 4.11. The van der Waals surface area contributed by atoms with E-state index in [1.54, 1.807) is 12.4 Å². The molecular weight excluding hydrogens is 222 g/mol. The summed E-state index contributed by atoms with van der Waals surface area (Å²) in [6, 6.07) is 12.1. The quantitative estimate of drug-likeness (QED) is 0.704. The SMILES string of the molecule is Cc1cnc(N)c(-c2cccc3cccnc23)c1. The van der Waals surface area contributed by atoms with E-state index >= 15 is 0 Å². The van der Waals surface area contributed by atoms with E-state index in [2.05, 4.69) is 9.97 Å². The van der Waals surface area contributed by atoms with E-state index in [-0.39, 0.29) is 0 Å². The molecule has 3 nitrogen and oxygen atoms in total. The molecule has 0 radical (unpaired) electrons. The maximum Gasteiger partial charge on any atom is 0.131 e. The second-order valence-corrected chi connectivity index (χ2v) is 4.33. The molecule has 0 saturated carbocycles. The van der Waals surface area contributed by atoms with Gasteiger partial charge in [-0.1, -0.05) is 24.3 Å². The van der Waals surface area contributed by atoms with Crippen molar-refractivity contribution in [2.45, 2.75) is 6.92 Å². The Kier molecular flexibility index (Phi) is 2.45. The molecule has 0 unspecified atom stereocenters. The van der Waals surface area contributed by atoms with Crippen LogP contribution >= 0.6 is 0 Å². The molecule has 0 saturated heterocycles. The van der Waals surface area contributed by atoms with Crippen molar-refractivity contribution in [3.05, 3.63) is 54.4 Å². The highest BCUT2D eigenvalue weighted by Gasteiger charge is 2.08. The summed E-state index contributed by atoms with van der Waals surface area (Å²) in [5, 5.41) is 1.11. The molecule has 1 aromatic carbocycles. The summed E-state index contributed by atoms with van der Waals surface area (Å²) < 4.78 is 0. The van der Waals surface area contributed by atoms with Gasteiger partial charge in [0.15, 0.2) is 0 Å². The Bertz CT molecular complexity index is 715. The van der Waals surface area contributed by atoms with E-state index in [0.29, 0.717) is 5.82 Å². The molecule has 3 heteroatoms. The topological polar surface area (TPSA) is 51.8 Å². The van der Waals surface area contributed by atoms with Gasteiger partial charge in [-0.2, -0.15) is 0 Å². The Hall–Kier alpha value is -2.42. The summed E-state index contributed by atoms with van der Waals surface area (Å²) >= 11 is 0. The number of nitrogen functional groups attached to an aromatic ring is 1. The van der Waals surface area contributed by atoms with E-state index in [0.717, 1.165) is 27.6 Å². The van der Waals surface area contributed by atoms with E-state index in [1.807, 2.05) is 43.3 Å². The van der Waals surface area contributed by atoms with Crippen LogP contribution in [-0.2, 0) is 0 Å². The molecule has 2 N–H and O–H groups in total. The molecule has 18 heavy (non-hydrogen) atoms. The lowest BCUT2D eigenvalue weighted by Gasteiger charge is -2.08. The van der Waals surface area contributed by atoms with E-state index in [9.17, 15) is 0 Å². The van der Waals surface area contributed by atoms with Crippen molar-refractivity contribution in [3.63, 3.8) is 0 Å². The fourth-order valence-electron chi connectivity index (χ4n) is 2.12. The first-order valence-corrected chi connectivity index (χ1v) is 5.82. The zero-order valence-electron chi connectivity index (χ0n) is 10.1. The molecule has 3 aromatic rings. The molecule has 0 spiro atoms. The van der Waals surface area contributed by atoms with Crippen LogP contribution in [0.2, 0.25) is 0 Å². The molecule has 0 atom stereocenters. The van der Waals surface area contributed by atoms with Gasteiger partial charge in [0.1, 0.15) is 5.82 Å². The van der Waals surface area contributed by atoms with Crippen molar-refractivity contribution in [1.82, 2.24) is 9.97 Å². The fraction of sp³-hybridized carbons (Fsp3) is 0.0667. The Morgan fingerprint density at radius 1 is 1.00 bits per heavy atom. The number of hydrogen-bond acceptors (Lipinski definition) is 3. The van der Waals surface area contributed by atoms with E-state index < -0.39 is 0 Å². The number of nitrogens with zero attached hydrogens (tertiary/aromatic N) is 2. The van der Waals surface area contributed by atoms with Gasteiger partial charge < -0.3 is 5.73 Å². The Morgan fingerprint density at radius 2 is 1.83 bits per heavy atom. The van der Waals surface area contributed by atoms with Crippen LogP contribution in [0.25, 0.3) is 22.0 Å². The van der Waals surface area contributed by atoms with Gasteiger partial charge >= 0.3 is 0 Å². The van der Waals surface area contributed by atoms with Gasteiger partial charge in [-0.05, 0) is 24.6 Å². The number of fused-ring (bicyclic) bond motifs is 1. The lowest BCUT2D eigenvalue weighted by Crippen LogP contribution is -1.95. The van der Waals surface area contributed by atoms with Gasteiger partial charge in [-0.15, -0.1) is 0 Å². The van der Waals surface area contributed by atoms with Gasteiger partial charge in [0.05, 0.1) is 5.52 Å². The molecule has 0 fully saturated rings. The van der Waals surface area contributed by atoms with Crippen molar-refractivity contribution < 1.29 is 0 Å². The van der Waals surface area contributed by atoms with Crippen LogP contribution in [0.1, 0.15) is 5.56 Å². The molecule has 88 valence electrons. The second-order valence-electron chi connectivity index (χ2n) is 4.33. The van der Waals surface area contributed by atoms with Gasteiger partial charge in [0.2, 0.25) is 0 Å². The third kappa shape index (κ3) is 1.70. The molecule has 0 aliphatic carbocycles. The summed E-state index contributed by atoms with van der Waals surface area (Å²) in [6.07, 6.45) is 3.57. The fourth-order valence-corrected chi connectivity index (χ4v) is 2.12. The van der Waals surface area contributed by atoms with Crippen molar-refractivity contribution in [3.8, 4) is 11.1 Å². The number of pyridine rings is 2. The third-order valence-electron chi connectivity index (χ3n) is 2.98.